The van der Waals surface area contributed by atoms with E-state index in [1.807, 2.05) is 0 Å². The standard InChI is InChI=1S/C16H25NO9/c1-8(24-11(4)20)15(25-12(5)21)16(26-13(6)22)14(17-9(2)18)7-23-10(3)19/h8,14-16H,7H2,1-6H3,(H,17,18)/t8-,14+,15+,16-/m1/s1. The summed E-state index contributed by atoms with van der Waals surface area (Å²) in [6.07, 6.45) is -3.52. The van der Waals surface area contributed by atoms with Crippen molar-refractivity contribution in [2.45, 2.75) is 65.9 Å². The summed E-state index contributed by atoms with van der Waals surface area (Å²) in [6, 6.07) is -1.04. The third kappa shape index (κ3) is 9.60. The highest BCUT2D eigenvalue weighted by Crippen LogP contribution is 2.17. The minimum Gasteiger partial charge on any atom is -0.464 e. The van der Waals surface area contributed by atoms with Crippen molar-refractivity contribution >= 4 is 29.8 Å². The molecular formula is C16H25NO9. The molecule has 0 aliphatic heterocycles. The van der Waals surface area contributed by atoms with Gasteiger partial charge in [-0.15, -0.1) is 0 Å². The van der Waals surface area contributed by atoms with Crippen LogP contribution in [0, 0.1) is 0 Å². The maximum Gasteiger partial charge on any atom is 0.303 e. The van der Waals surface area contributed by atoms with E-state index in [9.17, 15) is 24.0 Å². The third-order valence-corrected chi connectivity index (χ3v) is 2.99. The van der Waals surface area contributed by atoms with E-state index in [2.05, 4.69) is 5.32 Å². The number of carbonyl (C=O) groups excluding carboxylic acids is 5. The summed E-state index contributed by atoms with van der Waals surface area (Å²) in [5, 5.41) is 2.48. The predicted molar refractivity (Wildman–Crippen MR) is 86.6 cm³/mol. The fourth-order valence-corrected chi connectivity index (χ4v) is 2.21. The molecule has 1 N–H and O–H groups in total. The second-order valence-electron chi connectivity index (χ2n) is 5.57. The Morgan fingerprint density at radius 2 is 1.19 bits per heavy atom. The molecule has 0 saturated heterocycles. The molecule has 0 spiro atoms. The number of hydrogen-bond donors (Lipinski definition) is 1. The molecule has 4 atom stereocenters. The van der Waals surface area contributed by atoms with Crippen LogP contribution in [0.25, 0.3) is 0 Å². The summed E-state index contributed by atoms with van der Waals surface area (Å²) in [5.41, 5.74) is 0. The zero-order chi connectivity index (χ0) is 20.4. The van der Waals surface area contributed by atoms with Crippen LogP contribution < -0.4 is 5.32 Å². The molecule has 0 rings (SSSR count). The van der Waals surface area contributed by atoms with Crippen molar-refractivity contribution in [3.63, 3.8) is 0 Å². The Hall–Kier alpha value is -2.65. The summed E-state index contributed by atoms with van der Waals surface area (Å²) in [4.78, 5) is 56.8. The zero-order valence-corrected chi connectivity index (χ0v) is 15.7. The number of carbonyl (C=O) groups is 5. The largest absolute Gasteiger partial charge is 0.464 e. The molecule has 10 nitrogen and oxygen atoms in total. The second-order valence-corrected chi connectivity index (χ2v) is 5.57. The molecule has 1 amide bonds. The van der Waals surface area contributed by atoms with E-state index in [1.54, 1.807) is 0 Å². The lowest BCUT2D eigenvalue weighted by Crippen LogP contribution is -2.56. The van der Waals surface area contributed by atoms with E-state index < -0.39 is 54.1 Å². The first-order chi connectivity index (χ1) is 11.9. The maximum absolute atomic E-state index is 11.5. The Labute approximate surface area is 151 Å². The van der Waals surface area contributed by atoms with Crippen LogP contribution >= 0.6 is 0 Å². The maximum atomic E-state index is 11.5. The van der Waals surface area contributed by atoms with Gasteiger partial charge < -0.3 is 24.3 Å². The van der Waals surface area contributed by atoms with E-state index >= 15 is 0 Å². The van der Waals surface area contributed by atoms with Gasteiger partial charge in [-0.1, -0.05) is 0 Å². The summed E-state index contributed by atoms with van der Waals surface area (Å²) in [6.45, 7) is 6.85. The monoisotopic (exact) mass is 375 g/mol. The van der Waals surface area contributed by atoms with Crippen molar-refractivity contribution in [1.82, 2.24) is 5.32 Å². The molecule has 0 aromatic carbocycles. The second kappa shape index (κ2) is 11.1. The van der Waals surface area contributed by atoms with Crippen LogP contribution in [-0.2, 0) is 42.9 Å². The minimum absolute atomic E-state index is 0.350. The van der Waals surface area contributed by atoms with E-state index in [0.29, 0.717) is 0 Å². The van der Waals surface area contributed by atoms with E-state index in [4.69, 9.17) is 18.9 Å². The van der Waals surface area contributed by atoms with Crippen molar-refractivity contribution in [2.75, 3.05) is 6.61 Å². The fourth-order valence-electron chi connectivity index (χ4n) is 2.21. The molecular weight excluding hydrogens is 350 g/mol. The number of esters is 4. The van der Waals surface area contributed by atoms with Crippen LogP contribution in [0.15, 0.2) is 0 Å². The smallest absolute Gasteiger partial charge is 0.303 e. The number of ether oxygens (including phenoxy) is 4. The van der Waals surface area contributed by atoms with Gasteiger partial charge in [0.1, 0.15) is 18.8 Å². The first kappa shape index (κ1) is 23.4. The van der Waals surface area contributed by atoms with Crippen molar-refractivity contribution in [3.8, 4) is 0 Å². The van der Waals surface area contributed by atoms with Crippen LogP contribution in [0.2, 0.25) is 0 Å². The molecule has 0 aromatic rings. The first-order valence-electron chi connectivity index (χ1n) is 7.86. The van der Waals surface area contributed by atoms with Gasteiger partial charge in [0.15, 0.2) is 12.2 Å². The molecule has 148 valence electrons. The van der Waals surface area contributed by atoms with Gasteiger partial charge in [-0.25, -0.2) is 0 Å². The Morgan fingerprint density at radius 3 is 1.58 bits per heavy atom. The van der Waals surface area contributed by atoms with Gasteiger partial charge in [0, 0.05) is 34.6 Å². The topological polar surface area (TPSA) is 134 Å². The number of rotatable bonds is 9. The zero-order valence-electron chi connectivity index (χ0n) is 15.7. The average molecular weight is 375 g/mol. The van der Waals surface area contributed by atoms with Crippen LogP contribution in [0.5, 0.6) is 0 Å². The summed E-state index contributed by atoms with van der Waals surface area (Å²) in [5.74, 6) is -3.23. The highest BCUT2D eigenvalue weighted by molar-refractivity contribution is 5.74. The lowest BCUT2D eigenvalue weighted by atomic mass is 10.0. The van der Waals surface area contributed by atoms with Crippen LogP contribution in [0.1, 0.15) is 41.5 Å². The van der Waals surface area contributed by atoms with Gasteiger partial charge >= 0.3 is 23.9 Å². The van der Waals surface area contributed by atoms with Crippen LogP contribution in [0.3, 0.4) is 0 Å². The van der Waals surface area contributed by atoms with Crippen LogP contribution in [0.4, 0.5) is 0 Å². The van der Waals surface area contributed by atoms with E-state index in [0.717, 1.165) is 27.7 Å². The van der Waals surface area contributed by atoms with Gasteiger partial charge in [-0.3, -0.25) is 24.0 Å². The molecule has 0 fully saturated rings. The van der Waals surface area contributed by atoms with Gasteiger partial charge in [0.25, 0.3) is 0 Å². The van der Waals surface area contributed by atoms with Crippen molar-refractivity contribution in [2.24, 2.45) is 0 Å². The normalized spacial score (nSPS) is 14.8. The fraction of sp³-hybridized carbons (Fsp3) is 0.688. The molecule has 0 unspecified atom stereocenters. The lowest BCUT2D eigenvalue weighted by molar-refractivity contribution is -0.186. The third-order valence-electron chi connectivity index (χ3n) is 2.99. The van der Waals surface area contributed by atoms with Gasteiger partial charge in [-0.2, -0.15) is 0 Å². The van der Waals surface area contributed by atoms with Crippen LogP contribution in [-0.4, -0.2) is 60.7 Å². The molecule has 0 heterocycles. The van der Waals surface area contributed by atoms with Gasteiger partial charge in [-0.05, 0) is 6.92 Å². The Bertz CT molecular complexity index is 546. The molecule has 0 aliphatic rings. The lowest BCUT2D eigenvalue weighted by Gasteiger charge is -2.34. The van der Waals surface area contributed by atoms with E-state index in [-0.39, 0.29) is 6.61 Å². The molecule has 0 saturated carbocycles. The SMILES string of the molecule is CC(=O)N[C@@H](COC(C)=O)[C@@H](OC(C)=O)[C@@H](OC(C)=O)[C@@H](C)OC(C)=O. The summed E-state index contributed by atoms with van der Waals surface area (Å²) < 4.78 is 20.3. The molecule has 0 bridgehead atoms. The Morgan fingerprint density at radius 1 is 0.731 bits per heavy atom. The predicted octanol–water partition coefficient (Wildman–Crippen LogP) is -0.131. The summed E-state index contributed by atoms with van der Waals surface area (Å²) in [7, 11) is 0. The molecule has 0 aliphatic carbocycles. The Balaban J connectivity index is 5.80. The molecule has 10 heteroatoms. The molecule has 26 heavy (non-hydrogen) atoms. The van der Waals surface area contributed by atoms with E-state index in [1.165, 1.54) is 13.8 Å². The minimum atomic E-state index is -1.27. The number of hydrogen-bond acceptors (Lipinski definition) is 9. The molecule has 0 aromatic heterocycles. The highest BCUT2D eigenvalue weighted by atomic mass is 16.6. The first-order valence-corrected chi connectivity index (χ1v) is 7.86. The van der Waals surface area contributed by atoms with Crippen molar-refractivity contribution in [3.05, 3.63) is 0 Å². The van der Waals surface area contributed by atoms with Gasteiger partial charge in [0.2, 0.25) is 5.91 Å². The van der Waals surface area contributed by atoms with Crippen molar-refractivity contribution < 1.29 is 42.9 Å². The number of amides is 1. The molecule has 0 radical (unpaired) electrons. The van der Waals surface area contributed by atoms with Gasteiger partial charge in [0.05, 0.1) is 0 Å². The average Bonchev–Trinajstić information content (AvgIpc) is 2.45. The quantitative estimate of drug-likeness (QED) is 0.432. The van der Waals surface area contributed by atoms with Crippen molar-refractivity contribution in [1.29, 1.82) is 0 Å². The summed E-state index contributed by atoms with van der Waals surface area (Å²) >= 11 is 0. The highest BCUT2D eigenvalue weighted by Gasteiger charge is 2.40. The Kier molecular flexibility index (Phi) is 9.93. The number of nitrogens with one attached hydrogen (secondary N) is 1.